The van der Waals surface area contributed by atoms with E-state index < -0.39 is 0 Å². The first kappa shape index (κ1) is 9.10. The van der Waals surface area contributed by atoms with Crippen molar-refractivity contribution in [2.45, 2.75) is 31.5 Å². The maximum Gasteiger partial charge on any atom is 0.123 e. The first-order valence-corrected chi connectivity index (χ1v) is 5.58. The van der Waals surface area contributed by atoms with E-state index in [9.17, 15) is 4.79 Å². The molecule has 2 heterocycles. The van der Waals surface area contributed by atoms with E-state index in [1.54, 1.807) is 0 Å². The standard InChI is InChI=1S/C13H14O2/c14-8-9-5-6-12-10-3-1-2-4-11(10)13(7-9)15-12/h1-4,8-9,12-13H,5-7H2/t9-,12-,13+/m0/s1. The van der Waals surface area contributed by atoms with Gasteiger partial charge in [-0.2, -0.15) is 0 Å². The Bertz CT molecular complexity index is 386. The van der Waals surface area contributed by atoms with E-state index in [0.29, 0.717) is 0 Å². The van der Waals surface area contributed by atoms with Crippen LogP contribution in [0.3, 0.4) is 0 Å². The minimum Gasteiger partial charge on any atom is -0.366 e. The Morgan fingerprint density at radius 2 is 1.87 bits per heavy atom. The van der Waals surface area contributed by atoms with E-state index in [2.05, 4.69) is 24.3 Å². The van der Waals surface area contributed by atoms with Crippen LogP contribution in [-0.4, -0.2) is 6.29 Å². The average Bonchev–Trinajstić information content (AvgIpc) is 2.48. The van der Waals surface area contributed by atoms with E-state index in [1.807, 2.05) is 0 Å². The summed E-state index contributed by atoms with van der Waals surface area (Å²) < 4.78 is 5.97. The molecule has 2 aliphatic heterocycles. The predicted octanol–water partition coefficient (Wildman–Crippen LogP) is 2.80. The highest BCUT2D eigenvalue weighted by Crippen LogP contribution is 2.47. The number of hydrogen-bond acceptors (Lipinski definition) is 2. The molecule has 0 amide bonds. The smallest absolute Gasteiger partial charge is 0.123 e. The third-order valence-corrected chi connectivity index (χ3v) is 3.53. The van der Waals surface area contributed by atoms with Gasteiger partial charge in [-0.05, 0) is 30.4 Å². The maximum atomic E-state index is 10.8. The zero-order valence-electron chi connectivity index (χ0n) is 8.56. The van der Waals surface area contributed by atoms with Crippen molar-refractivity contribution < 1.29 is 9.53 Å². The fourth-order valence-electron chi connectivity index (χ4n) is 2.73. The van der Waals surface area contributed by atoms with E-state index in [1.165, 1.54) is 11.1 Å². The Balaban J connectivity index is 1.99. The molecular formula is C13H14O2. The van der Waals surface area contributed by atoms with Gasteiger partial charge in [0.15, 0.2) is 0 Å². The van der Waals surface area contributed by atoms with Gasteiger partial charge in [-0.15, -0.1) is 0 Å². The lowest BCUT2D eigenvalue weighted by molar-refractivity contribution is -0.111. The van der Waals surface area contributed by atoms with Crippen LogP contribution in [0.2, 0.25) is 0 Å². The number of hydrogen-bond donors (Lipinski definition) is 0. The first-order valence-electron chi connectivity index (χ1n) is 5.58. The van der Waals surface area contributed by atoms with Gasteiger partial charge in [-0.25, -0.2) is 0 Å². The van der Waals surface area contributed by atoms with Gasteiger partial charge >= 0.3 is 0 Å². The molecule has 3 atom stereocenters. The average molecular weight is 202 g/mol. The molecule has 1 fully saturated rings. The third kappa shape index (κ3) is 1.40. The van der Waals surface area contributed by atoms with Crippen LogP contribution >= 0.6 is 0 Å². The highest BCUT2D eigenvalue weighted by molar-refractivity contribution is 5.54. The van der Waals surface area contributed by atoms with Crippen LogP contribution in [0, 0.1) is 5.92 Å². The molecule has 2 aliphatic rings. The van der Waals surface area contributed by atoms with Crippen LogP contribution in [0.25, 0.3) is 0 Å². The second-order valence-electron chi connectivity index (χ2n) is 4.45. The van der Waals surface area contributed by atoms with Crippen molar-refractivity contribution in [3.05, 3.63) is 35.4 Å². The molecule has 2 heteroatoms. The summed E-state index contributed by atoms with van der Waals surface area (Å²) in [4.78, 5) is 10.8. The van der Waals surface area contributed by atoms with Crippen molar-refractivity contribution in [2.24, 2.45) is 5.92 Å². The topological polar surface area (TPSA) is 26.3 Å². The first-order chi connectivity index (χ1) is 7.38. The lowest BCUT2D eigenvalue weighted by Gasteiger charge is -2.13. The van der Waals surface area contributed by atoms with Crippen molar-refractivity contribution in [2.75, 3.05) is 0 Å². The Kier molecular flexibility index (Phi) is 2.10. The van der Waals surface area contributed by atoms with Crippen molar-refractivity contribution in [3.63, 3.8) is 0 Å². The second kappa shape index (κ2) is 3.46. The number of aldehydes is 1. The molecule has 0 aromatic heterocycles. The predicted molar refractivity (Wildman–Crippen MR) is 56.4 cm³/mol. The molecule has 0 spiro atoms. The normalized spacial score (nSPS) is 33.2. The summed E-state index contributed by atoms with van der Waals surface area (Å²) in [5.41, 5.74) is 2.64. The van der Waals surface area contributed by atoms with Gasteiger partial charge in [-0.1, -0.05) is 24.3 Å². The SMILES string of the molecule is O=C[C@H]1CC[C@@H]2O[C@H](C1)c1ccccc12. The minimum atomic E-state index is 0.156. The summed E-state index contributed by atoms with van der Waals surface area (Å²) in [7, 11) is 0. The monoisotopic (exact) mass is 202 g/mol. The Morgan fingerprint density at radius 3 is 2.60 bits per heavy atom. The van der Waals surface area contributed by atoms with Gasteiger partial charge in [0.05, 0.1) is 12.2 Å². The molecule has 78 valence electrons. The molecule has 2 nitrogen and oxygen atoms in total. The van der Waals surface area contributed by atoms with Crippen LogP contribution in [0.5, 0.6) is 0 Å². The quantitative estimate of drug-likeness (QED) is 0.654. The van der Waals surface area contributed by atoms with E-state index >= 15 is 0 Å². The number of fused-ring (bicyclic) bond motifs is 5. The highest BCUT2D eigenvalue weighted by Gasteiger charge is 2.35. The van der Waals surface area contributed by atoms with E-state index in [0.717, 1.165) is 25.5 Å². The van der Waals surface area contributed by atoms with Gasteiger partial charge in [-0.3, -0.25) is 0 Å². The number of carbonyl (C=O) groups is 1. The van der Waals surface area contributed by atoms with Gasteiger partial charge in [0.25, 0.3) is 0 Å². The molecule has 1 saturated heterocycles. The lowest BCUT2D eigenvalue weighted by atomic mass is 9.88. The Hall–Kier alpha value is -1.15. The summed E-state index contributed by atoms with van der Waals surface area (Å²) in [6, 6.07) is 8.40. The van der Waals surface area contributed by atoms with E-state index in [4.69, 9.17) is 4.74 Å². The molecule has 0 saturated carbocycles. The Morgan fingerprint density at radius 1 is 1.13 bits per heavy atom. The molecule has 2 bridgehead atoms. The summed E-state index contributed by atoms with van der Waals surface area (Å²) in [5.74, 6) is 0.188. The molecule has 0 unspecified atom stereocenters. The van der Waals surface area contributed by atoms with Crippen LogP contribution in [0.4, 0.5) is 0 Å². The van der Waals surface area contributed by atoms with Crippen LogP contribution in [-0.2, 0) is 9.53 Å². The van der Waals surface area contributed by atoms with Crippen LogP contribution in [0.15, 0.2) is 24.3 Å². The van der Waals surface area contributed by atoms with Gasteiger partial charge in [0, 0.05) is 5.92 Å². The molecule has 0 aliphatic carbocycles. The highest BCUT2D eigenvalue weighted by atomic mass is 16.5. The van der Waals surface area contributed by atoms with E-state index in [-0.39, 0.29) is 18.1 Å². The molecule has 0 radical (unpaired) electrons. The van der Waals surface area contributed by atoms with Crippen LogP contribution < -0.4 is 0 Å². The minimum absolute atomic E-state index is 0.156. The molecular weight excluding hydrogens is 188 g/mol. The van der Waals surface area contributed by atoms with Gasteiger partial charge in [0.2, 0.25) is 0 Å². The van der Waals surface area contributed by atoms with Gasteiger partial charge < -0.3 is 9.53 Å². The van der Waals surface area contributed by atoms with Crippen LogP contribution in [0.1, 0.15) is 42.6 Å². The summed E-state index contributed by atoms with van der Waals surface area (Å²) in [6.45, 7) is 0. The zero-order valence-corrected chi connectivity index (χ0v) is 8.56. The zero-order chi connectivity index (χ0) is 10.3. The molecule has 0 N–H and O–H groups in total. The largest absolute Gasteiger partial charge is 0.366 e. The number of benzene rings is 1. The molecule has 1 aromatic carbocycles. The molecule has 1 aromatic rings. The number of rotatable bonds is 1. The number of ether oxygens (including phenoxy) is 1. The molecule has 3 rings (SSSR count). The fourth-order valence-corrected chi connectivity index (χ4v) is 2.73. The summed E-state index contributed by atoms with van der Waals surface area (Å²) in [6.07, 6.45) is 4.29. The number of carbonyl (C=O) groups excluding carboxylic acids is 1. The molecule has 15 heavy (non-hydrogen) atoms. The fraction of sp³-hybridized carbons (Fsp3) is 0.462. The summed E-state index contributed by atoms with van der Waals surface area (Å²) in [5, 5.41) is 0. The van der Waals surface area contributed by atoms with Crippen molar-refractivity contribution >= 4 is 6.29 Å². The maximum absolute atomic E-state index is 10.8. The van der Waals surface area contributed by atoms with Crippen molar-refractivity contribution in [1.29, 1.82) is 0 Å². The van der Waals surface area contributed by atoms with Gasteiger partial charge in [0.1, 0.15) is 6.29 Å². The van der Waals surface area contributed by atoms with Crippen molar-refractivity contribution in [3.8, 4) is 0 Å². The lowest BCUT2D eigenvalue weighted by Crippen LogP contribution is -2.07. The Labute approximate surface area is 89.2 Å². The second-order valence-corrected chi connectivity index (χ2v) is 4.45. The third-order valence-electron chi connectivity index (χ3n) is 3.53. The summed E-state index contributed by atoms with van der Waals surface area (Å²) >= 11 is 0. The van der Waals surface area contributed by atoms with Crippen molar-refractivity contribution in [1.82, 2.24) is 0 Å².